The molecule has 1 aliphatic rings. The zero-order valence-electron chi connectivity index (χ0n) is 12.9. The minimum atomic E-state index is -0.226. The largest absolute Gasteiger partial charge is 0.367 e. The molecule has 3 rings (SSSR count). The Morgan fingerprint density at radius 3 is 3.13 bits per heavy atom. The fourth-order valence-corrected chi connectivity index (χ4v) is 2.85. The van der Waals surface area contributed by atoms with E-state index in [0.717, 1.165) is 24.9 Å². The third-order valence-electron chi connectivity index (χ3n) is 3.93. The smallest absolute Gasteiger partial charge is 0.242 e. The number of tetrazole rings is 1. The van der Waals surface area contributed by atoms with E-state index >= 15 is 0 Å². The molecule has 1 atom stereocenters. The van der Waals surface area contributed by atoms with Gasteiger partial charge in [-0.2, -0.15) is 0 Å². The predicted octanol–water partition coefficient (Wildman–Crippen LogP) is 0.906. The van der Waals surface area contributed by atoms with Gasteiger partial charge >= 0.3 is 0 Å². The molecule has 0 spiro atoms. The van der Waals surface area contributed by atoms with E-state index in [4.69, 9.17) is 0 Å². The molecule has 0 aliphatic carbocycles. The lowest BCUT2D eigenvalue weighted by Gasteiger charge is -2.35. The van der Waals surface area contributed by atoms with E-state index < -0.39 is 0 Å². The Morgan fingerprint density at radius 1 is 1.48 bits per heavy atom. The number of anilines is 1. The van der Waals surface area contributed by atoms with Crippen LogP contribution in [0.2, 0.25) is 0 Å². The lowest BCUT2D eigenvalue weighted by Crippen LogP contribution is -2.48. The number of piperidine rings is 1. The van der Waals surface area contributed by atoms with Gasteiger partial charge in [-0.1, -0.05) is 6.07 Å². The highest BCUT2D eigenvalue weighted by Crippen LogP contribution is 2.24. The molecule has 1 aromatic carbocycles. The van der Waals surface area contributed by atoms with Crippen LogP contribution in [-0.4, -0.2) is 45.2 Å². The summed E-state index contributed by atoms with van der Waals surface area (Å²) in [7, 11) is 0. The van der Waals surface area contributed by atoms with Gasteiger partial charge in [-0.25, -0.2) is 9.07 Å². The molecular weight excluding hydrogens is 299 g/mol. The number of aromatic nitrogens is 4. The summed E-state index contributed by atoms with van der Waals surface area (Å²) in [6.45, 7) is 3.42. The highest BCUT2D eigenvalue weighted by atomic mass is 19.1. The fourth-order valence-electron chi connectivity index (χ4n) is 2.85. The van der Waals surface area contributed by atoms with Crippen LogP contribution in [0.4, 0.5) is 10.1 Å². The second-order valence-electron chi connectivity index (χ2n) is 5.81. The zero-order chi connectivity index (χ0) is 16.2. The Bertz CT molecular complexity index is 675. The Morgan fingerprint density at radius 2 is 2.35 bits per heavy atom. The van der Waals surface area contributed by atoms with Crippen molar-refractivity contribution in [2.45, 2.75) is 32.4 Å². The molecule has 23 heavy (non-hydrogen) atoms. The first-order valence-corrected chi connectivity index (χ1v) is 7.63. The minimum Gasteiger partial charge on any atom is -0.367 e. The average Bonchev–Trinajstić information content (AvgIpc) is 3.02. The van der Waals surface area contributed by atoms with E-state index in [1.54, 1.807) is 6.07 Å². The molecule has 2 heterocycles. The predicted molar refractivity (Wildman–Crippen MR) is 82.3 cm³/mol. The van der Waals surface area contributed by atoms with Gasteiger partial charge in [0, 0.05) is 19.1 Å². The quantitative estimate of drug-likeness (QED) is 0.907. The van der Waals surface area contributed by atoms with Crippen LogP contribution in [0.25, 0.3) is 0 Å². The molecule has 7 nitrogen and oxygen atoms in total. The number of halogens is 1. The van der Waals surface area contributed by atoms with Gasteiger partial charge in [0.2, 0.25) is 5.91 Å². The van der Waals surface area contributed by atoms with Gasteiger partial charge in [0.1, 0.15) is 18.7 Å². The molecule has 122 valence electrons. The third kappa shape index (κ3) is 3.82. The van der Waals surface area contributed by atoms with Gasteiger partial charge in [-0.3, -0.25) is 4.79 Å². The molecule has 1 fully saturated rings. The molecule has 1 N–H and O–H groups in total. The normalized spacial score (nSPS) is 18.0. The van der Waals surface area contributed by atoms with Gasteiger partial charge < -0.3 is 10.2 Å². The van der Waals surface area contributed by atoms with E-state index in [9.17, 15) is 9.18 Å². The number of nitrogens with one attached hydrogen (secondary N) is 1. The van der Waals surface area contributed by atoms with Crippen LogP contribution in [0.3, 0.4) is 0 Å². The van der Waals surface area contributed by atoms with E-state index in [2.05, 4.69) is 20.8 Å². The molecule has 1 amide bonds. The number of aryl methyl sites for hydroxylation is 1. The topological polar surface area (TPSA) is 75.9 Å². The van der Waals surface area contributed by atoms with Crippen LogP contribution in [-0.2, 0) is 11.3 Å². The maximum Gasteiger partial charge on any atom is 0.242 e. The molecule has 8 heteroatoms. The van der Waals surface area contributed by atoms with Gasteiger partial charge in [0.05, 0.1) is 5.69 Å². The second-order valence-corrected chi connectivity index (χ2v) is 5.81. The van der Waals surface area contributed by atoms with Crippen molar-refractivity contribution in [1.29, 1.82) is 0 Å². The molecule has 0 saturated carbocycles. The van der Waals surface area contributed by atoms with Gasteiger partial charge in [0.25, 0.3) is 0 Å². The lowest BCUT2D eigenvalue weighted by atomic mass is 10.0. The van der Waals surface area contributed by atoms with Crippen molar-refractivity contribution < 1.29 is 9.18 Å². The molecule has 1 saturated heterocycles. The van der Waals surface area contributed by atoms with Crippen LogP contribution in [0.15, 0.2) is 24.5 Å². The Labute approximate surface area is 133 Å². The van der Waals surface area contributed by atoms with Crippen LogP contribution in [0.5, 0.6) is 0 Å². The Kier molecular flexibility index (Phi) is 4.50. The summed E-state index contributed by atoms with van der Waals surface area (Å²) < 4.78 is 15.4. The van der Waals surface area contributed by atoms with Gasteiger partial charge in [0.15, 0.2) is 0 Å². The highest BCUT2D eigenvalue weighted by molar-refractivity contribution is 5.76. The third-order valence-corrected chi connectivity index (χ3v) is 3.93. The summed E-state index contributed by atoms with van der Waals surface area (Å²) in [6, 6.07) is 5.09. The molecule has 0 radical (unpaired) electrons. The monoisotopic (exact) mass is 318 g/mol. The van der Waals surface area contributed by atoms with Crippen molar-refractivity contribution in [3.63, 3.8) is 0 Å². The Hall–Kier alpha value is -2.51. The SMILES string of the molecule is Cc1ccc(F)c(N2CCC[C@@H](NC(=O)Cn3cnnn3)C2)c1. The van der Waals surface area contributed by atoms with Crippen LogP contribution in [0, 0.1) is 12.7 Å². The number of benzene rings is 1. The molecular formula is C15H19FN6O. The number of hydrogen-bond donors (Lipinski definition) is 1. The number of amides is 1. The summed E-state index contributed by atoms with van der Waals surface area (Å²) in [5.41, 5.74) is 1.62. The van der Waals surface area contributed by atoms with Crippen molar-refractivity contribution >= 4 is 11.6 Å². The van der Waals surface area contributed by atoms with Crippen molar-refractivity contribution in [2.24, 2.45) is 0 Å². The maximum atomic E-state index is 14.0. The highest BCUT2D eigenvalue weighted by Gasteiger charge is 2.23. The summed E-state index contributed by atoms with van der Waals surface area (Å²) in [4.78, 5) is 14.0. The number of carbonyl (C=O) groups excluding carboxylic acids is 1. The van der Waals surface area contributed by atoms with E-state index in [1.165, 1.54) is 17.1 Å². The van der Waals surface area contributed by atoms with Crippen LogP contribution in [0.1, 0.15) is 18.4 Å². The molecule has 2 aromatic rings. The minimum absolute atomic E-state index is 0.00681. The average molecular weight is 318 g/mol. The molecule has 1 aliphatic heterocycles. The number of rotatable bonds is 4. The van der Waals surface area contributed by atoms with E-state index in [0.29, 0.717) is 12.2 Å². The number of hydrogen-bond acceptors (Lipinski definition) is 5. The fraction of sp³-hybridized carbons (Fsp3) is 0.467. The summed E-state index contributed by atoms with van der Waals surface area (Å²) >= 11 is 0. The molecule has 0 bridgehead atoms. The van der Waals surface area contributed by atoms with Crippen LogP contribution >= 0.6 is 0 Å². The molecule has 0 unspecified atom stereocenters. The first-order chi connectivity index (χ1) is 11.1. The van der Waals surface area contributed by atoms with E-state index in [-0.39, 0.29) is 24.3 Å². The number of nitrogens with zero attached hydrogens (tertiary/aromatic N) is 5. The van der Waals surface area contributed by atoms with E-state index in [1.807, 2.05) is 17.9 Å². The van der Waals surface area contributed by atoms with Gasteiger partial charge in [-0.15, -0.1) is 5.10 Å². The summed E-state index contributed by atoms with van der Waals surface area (Å²) in [5, 5.41) is 13.6. The molecule has 1 aromatic heterocycles. The zero-order valence-corrected chi connectivity index (χ0v) is 12.9. The maximum absolute atomic E-state index is 14.0. The van der Waals surface area contributed by atoms with Gasteiger partial charge in [-0.05, 0) is 47.9 Å². The van der Waals surface area contributed by atoms with Crippen molar-refractivity contribution in [2.75, 3.05) is 18.0 Å². The Balaban J connectivity index is 1.61. The van der Waals surface area contributed by atoms with Crippen LogP contribution < -0.4 is 10.2 Å². The lowest BCUT2D eigenvalue weighted by molar-refractivity contribution is -0.122. The standard InChI is InChI=1S/C15H19FN6O/c1-11-4-5-13(16)14(7-11)21-6-2-3-12(8-21)18-15(23)9-22-10-17-19-20-22/h4-5,7,10,12H,2-3,6,8-9H2,1H3,(H,18,23)/t12-/m1/s1. The van der Waals surface area contributed by atoms with Crippen molar-refractivity contribution in [3.05, 3.63) is 35.9 Å². The first kappa shape index (κ1) is 15.4. The second kappa shape index (κ2) is 6.72. The first-order valence-electron chi connectivity index (χ1n) is 7.63. The van der Waals surface area contributed by atoms with Crippen molar-refractivity contribution in [3.8, 4) is 0 Å². The van der Waals surface area contributed by atoms with Crippen molar-refractivity contribution in [1.82, 2.24) is 25.5 Å². The number of carbonyl (C=O) groups is 1. The summed E-state index contributed by atoms with van der Waals surface area (Å²) in [6.07, 6.45) is 3.18. The summed E-state index contributed by atoms with van der Waals surface area (Å²) in [5.74, 6) is -0.370.